The SMILES string of the molecule is CC(=O)O.CCC(C)C(O)CC. The van der Waals surface area contributed by atoms with E-state index in [4.69, 9.17) is 15.0 Å². The third kappa shape index (κ3) is 12.1. The quantitative estimate of drug-likeness (QED) is 0.690. The fraction of sp³-hybridized carbons (Fsp3) is 0.889. The average molecular weight is 176 g/mol. The molecule has 2 N–H and O–H groups in total. The largest absolute Gasteiger partial charge is 0.481 e. The summed E-state index contributed by atoms with van der Waals surface area (Å²) in [6, 6.07) is 0. The lowest BCUT2D eigenvalue weighted by atomic mass is 10.0. The molecule has 2 atom stereocenters. The van der Waals surface area contributed by atoms with Crippen LogP contribution in [0.2, 0.25) is 0 Å². The number of hydrogen-bond acceptors (Lipinski definition) is 2. The first-order valence-corrected chi connectivity index (χ1v) is 4.33. The Morgan fingerprint density at radius 1 is 1.33 bits per heavy atom. The molecule has 0 amide bonds. The molecule has 3 nitrogen and oxygen atoms in total. The summed E-state index contributed by atoms with van der Waals surface area (Å²) in [5.41, 5.74) is 0. The third-order valence-electron chi connectivity index (χ3n) is 1.72. The van der Waals surface area contributed by atoms with Crippen molar-refractivity contribution in [1.29, 1.82) is 0 Å². The smallest absolute Gasteiger partial charge is 0.300 e. The van der Waals surface area contributed by atoms with E-state index in [0.29, 0.717) is 5.92 Å². The van der Waals surface area contributed by atoms with Gasteiger partial charge in [-0.15, -0.1) is 0 Å². The Morgan fingerprint density at radius 3 is 1.75 bits per heavy atom. The molecule has 0 aliphatic carbocycles. The molecular weight excluding hydrogens is 156 g/mol. The van der Waals surface area contributed by atoms with Crippen LogP contribution in [-0.2, 0) is 4.79 Å². The number of rotatable bonds is 3. The summed E-state index contributed by atoms with van der Waals surface area (Å²) in [6.45, 7) is 7.27. The molecule has 12 heavy (non-hydrogen) atoms. The van der Waals surface area contributed by atoms with Crippen molar-refractivity contribution >= 4 is 5.97 Å². The van der Waals surface area contributed by atoms with Crippen molar-refractivity contribution < 1.29 is 15.0 Å². The van der Waals surface area contributed by atoms with Gasteiger partial charge in [0.25, 0.3) is 5.97 Å². The second-order valence-corrected chi connectivity index (χ2v) is 2.88. The fourth-order valence-corrected chi connectivity index (χ4v) is 0.674. The summed E-state index contributed by atoms with van der Waals surface area (Å²) >= 11 is 0. The molecule has 0 aromatic rings. The van der Waals surface area contributed by atoms with Gasteiger partial charge < -0.3 is 10.2 Å². The number of aliphatic hydroxyl groups is 1. The molecule has 2 unspecified atom stereocenters. The van der Waals surface area contributed by atoms with Crippen molar-refractivity contribution in [3.8, 4) is 0 Å². The molecule has 74 valence electrons. The zero-order chi connectivity index (χ0) is 10.1. The monoisotopic (exact) mass is 176 g/mol. The van der Waals surface area contributed by atoms with Crippen molar-refractivity contribution in [2.45, 2.75) is 46.6 Å². The third-order valence-corrected chi connectivity index (χ3v) is 1.72. The van der Waals surface area contributed by atoms with Crippen molar-refractivity contribution in [3.05, 3.63) is 0 Å². The van der Waals surface area contributed by atoms with E-state index in [-0.39, 0.29) is 6.10 Å². The Labute approximate surface area is 74.4 Å². The standard InChI is InChI=1S/C7H16O.C2H4O2/c1-4-6(3)7(8)5-2;1-2(3)4/h6-8H,4-5H2,1-3H3;1H3,(H,3,4). The lowest BCUT2D eigenvalue weighted by Crippen LogP contribution is -2.14. The molecule has 0 radical (unpaired) electrons. The molecule has 3 heteroatoms. The number of aliphatic hydroxyl groups excluding tert-OH is 1. The van der Waals surface area contributed by atoms with Crippen LogP contribution in [0.1, 0.15) is 40.5 Å². The highest BCUT2D eigenvalue weighted by Gasteiger charge is 2.07. The Kier molecular flexibility index (Phi) is 9.93. The minimum absolute atomic E-state index is 0.0833. The van der Waals surface area contributed by atoms with Crippen molar-refractivity contribution in [2.75, 3.05) is 0 Å². The van der Waals surface area contributed by atoms with Crippen LogP contribution in [0.3, 0.4) is 0 Å². The van der Waals surface area contributed by atoms with Crippen LogP contribution in [0.15, 0.2) is 0 Å². The maximum Gasteiger partial charge on any atom is 0.300 e. The topological polar surface area (TPSA) is 57.5 Å². The molecule has 0 fully saturated rings. The zero-order valence-electron chi connectivity index (χ0n) is 8.37. The Morgan fingerprint density at radius 2 is 1.67 bits per heavy atom. The molecule has 0 aromatic carbocycles. The van der Waals surface area contributed by atoms with Gasteiger partial charge in [-0.05, 0) is 12.3 Å². The Bertz CT molecular complexity index is 100. The predicted octanol–water partition coefficient (Wildman–Crippen LogP) is 1.89. The van der Waals surface area contributed by atoms with Gasteiger partial charge in [-0.2, -0.15) is 0 Å². The predicted molar refractivity (Wildman–Crippen MR) is 49.1 cm³/mol. The van der Waals surface area contributed by atoms with Gasteiger partial charge in [0.1, 0.15) is 0 Å². The van der Waals surface area contributed by atoms with Gasteiger partial charge in [-0.1, -0.05) is 27.2 Å². The summed E-state index contributed by atoms with van der Waals surface area (Å²) in [7, 11) is 0. The van der Waals surface area contributed by atoms with Gasteiger partial charge in [0.15, 0.2) is 0 Å². The fourth-order valence-electron chi connectivity index (χ4n) is 0.674. The van der Waals surface area contributed by atoms with Crippen LogP contribution in [0.4, 0.5) is 0 Å². The summed E-state index contributed by atoms with van der Waals surface area (Å²) in [6.07, 6.45) is 1.88. The minimum Gasteiger partial charge on any atom is -0.481 e. The molecule has 0 aliphatic heterocycles. The first kappa shape index (κ1) is 14.0. The van der Waals surface area contributed by atoms with Crippen LogP contribution in [0, 0.1) is 5.92 Å². The maximum atomic E-state index is 9.13. The summed E-state index contributed by atoms with van der Waals surface area (Å²) in [5, 5.41) is 16.5. The van der Waals surface area contributed by atoms with Crippen LogP contribution in [0.5, 0.6) is 0 Å². The summed E-state index contributed by atoms with van der Waals surface area (Å²) < 4.78 is 0. The number of hydrogen-bond donors (Lipinski definition) is 2. The van der Waals surface area contributed by atoms with E-state index in [9.17, 15) is 0 Å². The highest BCUT2D eigenvalue weighted by Crippen LogP contribution is 2.09. The second-order valence-electron chi connectivity index (χ2n) is 2.88. The molecular formula is C9H20O3. The number of aliphatic carboxylic acids is 1. The van der Waals surface area contributed by atoms with E-state index >= 15 is 0 Å². The lowest BCUT2D eigenvalue weighted by molar-refractivity contribution is -0.134. The molecule has 0 saturated heterocycles. The van der Waals surface area contributed by atoms with Gasteiger partial charge in [0.05, 0.1) is 6.10 Å². The van der Waals surface area contributed by atoms with Crippen molar-refractivity contribution in [2.24, 2.45) is 5.92 Å². The summed E-state index contributed by atoms with van der Waals surface area (Å²) in [5.74, 6) is -0.361. The van der Waals surface area contributed by atoms with E-state index in [0.717, 1.165) is 19.8 Å². The Hall–Kier alpha value is -0.570. The highest BCUT2D eigenvalue weighted by atomic mass is 16.4. The van der Waals surface area contributed by atoms with Crippen molar-refractivity contribution in [3.63, 3.8) is 0 Å². The van der Waals surface area contributed by atoms with Gasteiger partial charge >= 0.3 is 0 Å². The van der Waals surface area contributed by atoms with Gasteiger partial charge in [-0.25, -0.2) is 0 Å². The van der Waals surface area contributed by atoms with Crippen molar-refractivity contribution in [1.82, 2.24) is 0 Å². The maximum absolute atomic E-state index is 9.13. The van der Waals surface area contributed by atoms with E-state index in [2.05, 4.69) is 13.8 Å². The number of carbonyl (C=O) groups is 1. The first-order chi connectivity index (χ1) is 5.45. The molecule has 0 rings (SSSR count). The van der Waals surface area contributed by atoms with E-state index in [1.165, 1.54) is 0 Å². The second kappa shape index (κ2) is 8.53. The first-order valence-electron chi connectivity index (χ1n) is 4.33. The average Bonchev–Trinajstić information content (AvgIpc) is 2.00. The normalized spacial score (nSPS) is 14.1. The van der Waals surface area contributed by atoms with Gasteiger partial charge in [0, 0.05) is 6.92 Å². The zero-order valence-corrected chi connectivity index (χ0v) is 8.37. The molecule has 0 bridgehead atoms. The van der Waals surface area contributed by atoms with E-state index < -0.39 is 5.97 Å². The minimum atomic E-state index is -0.833. The number of carboxylic acid groups (broad SMARTS) is 1. The van der Waals surface area contributed by atoms with Crippen LogP contribution < -0.4 is 0 Å². The molecule has 0 aromatic heterocycles. The van der Waals surface area contributed by atoms with Crippen LogP contribution in [0.25, 0.3) is 0 Å². The highest BCUT2D eigenvalue weighted by molar-refractivity contribution is 5.62. The van der Waals surface area contributed by atoms with Gasteiger partial charge in [0.2, 0.25) is 0 Å². The molecule has 0 heterocycles. The lowest BCUT2D eigenvalue weighted by Gasteiger charge is -2.13. The van der Waals surface area contributed by atoms with Crippen LogP contribution >= 0.6 is 0 Å². The van der Waals surface area contributed by atoms with Crippen LogP contribution in [-0.4, -0.2) is 22.3 Å². The molecule has 0 spiro atoms. The summed E-state index contributed by atoms with van der Waals surface area (Å²) in [4.78, 5) is 9.00. The van der Waals surface area contributed by atoms with Gasteiger partial charge in [-0.3, -0.25) is 4.79 Å². The molecule has 0 aliphatic rings. The van der Waals surface area contributed by atoms with E-state index in [1.807, 2.05) is 6.92 Å². The van der Waals surface area contributed by atoms with E-state index in [1.54, 1.807) is 0 Å². The Balaban J connectivity index is 0. The number of carboxylic acids is 1. The molecule has 0 saturated carbocycles.